The maximum atomic E-state index is 13.0. The number of carbonyl (C=O) groups is 1. The molecule has 0 saturated carbocycles. The highest BCUT2D eigenvalue weighted by molar-refractivity contribution is 5.77. The van der Waals surface area contributed by atoms with E-state index in [0.717, 1.165) is 25.0 Å². The van der Waals surface area contributed by atoms with Crippen molar-refractivity contribution in [3.63, 3.8) is 0 Å². The fourth-order valence-electron chi connectivity index (χ4n) is 3.94. The number of aromatic amines is 1. The number of piperidine rings is 1. The molecule has 1 N–H and O–H groups in total. The maximum Gasteiger partial charge on any atom is 0.272 e. The van der Waals surface area contributed by atoms with Gasteiger partial charge in [0.15, 0.2) is 5.65 Å². The highest BCUT2D eigenvalue weighted by Gasteiger charge is 2.29. The summed E-state index contributed by atoms with van der Waals surface area (Å²) in [6.45, 7) is 6.33. The van der Waals surface area contributed by atoms with Gasteiger partial charge in [0.05, 0.1) is 17.8 Å². The van der Waals surface area contributed by atoms with E-state index in [1.54, 1.807) is 13.0 Å². The van der Waals surface area contributed by atoms with E-state index in [0.29, 0.717) is 42.4 Å². The van der Waals surface area contributed by atoms with Crippen LogP contribution in [0.4, 0.5) is 0 Å². The van der Waals surface area contributed by atoms with Gasteiger partial charge in [-0.2, -0.15) is 0 Å². The predicted molar refractivity (Wildman–Crippen MR) is 109 cm³/mol. The second-order valence-corrected chi connectivity index (χ2v) is 8.04. The Hall–Kier alpha value is -3.10. The van der Waals surface area contributed by atoms with Gasteiger partial charge >= 0.3 is 0 Å². The van der Waals surface area contributed by atoms with Crippen molar-refractivity contribution in [1.82, 2.24) is 24.7 Å². The van der Waals surface area contributed by atoms with E-state index in [2.05, 4.69) is 15.2 Å². The molecule has 1 fully saturated rings. The molecule has 4 rings (SSSR count). The summed E-state index contributed by atoms with van der Waals surface area (Å²) in [5, 5.41) is 7.03. The van der Waals surface area contributed by atoms with E-state index in [9.17, 15) is 9.59 Å². The number of H-pyrrole nitrogens is 1. The molecular weight excluding hydrogens is 386 g/mol. The molecule has 30 heavy (non-hydrogen) atoms. The fraction of sp³-hybridized carbons (Fsp3) is 0.524. The average Bonchev–Trinajstić information content (AvgIpc) is 3.32. The van der Waals surface area contributed by atoms with Crippen LogP contribution in [0.15, 0.2) is 27.5 Å². The van der Waals surface area contributed by atoms with Gasteiger partial charge in [-0.1, -0.05) is 0 Å². The normalized spacial score (nSPS) is 17.1. The van der Waals surface area contributed by atoms with Crippen molar-refractivity contribution in [2.24, 2.45) is 0 Å². The van der Waals surface area contributed by atoms with E-state index in [4.69, 9.17) is 9.26 Å². The Balaban J connectivity index is 1.48. The van der Waals surface area contributed by atoms with E-state index in [1.807, 2.05) is 24.8 Å². The van der Waals surface area contributed by atoms with Crippen LogP contribution in [-0.4, -0.2) is 43.2 Å². The molecule has 1 saturated heterocycles. The summed E-state index contributed by atoms with van der Waals surface area (Å²) in [4.78, 5) is 31.5. The van der Waals surface area contributed by atoms with Gasteiger partial charge in [-0.25, -0.2) is 9.50 Å². The Bertz CT molecular complexity index is 1100. The molecule has 0 bridgehead atoms. The molecule has 1 amide bonds. The van der Waals surface area contributed by atoms with Gasteiger partial charge in [-0.15, -0.1) is 0 Å². The number of fused-ring (bicyclic) bond motifs is 1. The van der Waals surface area contributed by atoms with Crippen molar-refractivity contribution in [1.29, 1.82) is 0 Å². The minimum absolute atomic E-state index is 0.0146. The lowest BCUT2D eigenvalue weighted by Gasteiger charge is -2.35. The second-order valence-electron chi connectivity index (χ2n) is 8.04. The number of nitrogens with zero attached hydrogens (tertiary/aromatic N) is 4. The number of rotatable bonds is 6. The SMILES string of the molecule is Cc1cc(=O)n2[nH]c(C3CCCCN3C(=O)CCc3cc(OC(C)C)no3)cc2n1. The smallest absolute Gasteiger partial charge is 0.272 e. The number of hydrogen-bond acceptors (Lipinski definition) is 6. The molecule has 1 unspecified atom stereocenters. The molecule has 3 aromatic heterocycles. The maximum absolute atomic E-state index is 13.0. The van der Waals surface area contributed by atoms with E-state index in [-0.39, 0.29) is 23.6 Å². The van der Waals surface area contributed by atoms with Crippen LogP contribution in [0.5, 0.6) is 5.88 Å². The van der Waals surface area contributed by atoms with Crippen LogP contribution in [0.3, 0.4) is 0 Å². The summed E-state index contributed by atoms with van der Waals surface area (Å²) in [6, 6.07) is 5.00. The van der Waals surface area contributed by atoms with Crippen LogP contribution in [0.2, 0.25) is 0 Å². The van der Waals surface area contributed by atoms with Crippen LogP contribution >= 0.6 is 0 Å². The zero-order valence-corrected chi connectivity index (χ0v) is 17.6. The molecule has 3 aromatic rings. The number of ether oxygens (including phenoxy) is 1. The summed E-state index contributed by atoms with van der Waals surface area (Å²) >= 11 is 0. The molecule has 0 spiro atoms. The quantitative estimate of drug-likeness (QED) is 0.666. The standard InChI is InChI=1S/C21H27N5O4/c1-13(2)29-19-11-15(30-24-19)7-8-20(27)25-9-5-4-6-17(25)16-12-18-22-14(3)10-21(28)26(18)23-16/h10-13,17,23H,4-9H2,1-3H3. The van der Waals surface area contributed by atoms with Gasteiger partial charge in [0.2, 0.25) is 5.91 Å². The van der Waals surface area contributed by atoms with E-state index in [1.165, 1.54) is 10.6 Å². The second kappa shape index (κ2) is 8.33. The van der Waals surface area contributed by atoms with Crippen molar-refractivity contribution >= 4 is 11.6 Å². The van der Waals surface area contributed by atoms with Crippen LogP contribution < -0.4 is 10.3 Å². The molecule has 0 aromatic carbocycles. The molecule has 1 aliphatic heterocycles. The van der Waals surface area contributed by atoms with Gasteiger partial charge in [0.1, 0.15) is 5.76 Å². The van der Waals surface area contributed by atoms with Gasteiger partial charge in [0.25, 0.3) is 11.4 Å². The Kier molecular flexibility index (Phi) is 5.61. The minimum atomic E-state index is -0.151. The monoisotopic (exact) mass is 413 g/mol. The van der Waals surface area contributed by atoms with Crippen molar-refractivity contribution in [3.8, 4) is 5.88 Å². The number of aromatic nitrogens is 4. The first-order chi connectivity index (χ1) is 14.4. The van der Waals surface area contributed by atoms with Crippen molar-refractivity contribution < 1.29 is 14.1 Å². The Labute approximate surface area is 174 Å². The molecule has 160 valence electrons. The molecule has 9 nitrogen and oxygen atoms in total. The topological polar surface area (TPSA) is 106 Å². The lowest BCUT2D eigenvalue weighted by Crippen LogP contribution is -2.38. The fourth-order valence-corrected chi connectivity index (χ4v) is 3.94. The summed E-state index contributed by atoms with van der Waals surface area (Å²) < 4.78 is 12.2. The van der Waals surface area contributed by atoms with E-state index < -0.39 is 0 Å². The third-order valence-electron chi connectivity index (χ3n) is 5.26. The zero-order valence-electron chi connectivity index (χ0n) is 17.6. The lowest BCUT2D eigenvalue weighted by molar-refractivity contribution is -0.135. The number of aryl methyl sites for hydroxylation is 2. The van der Waals surface area contributed by atoms with Crippen molar-refractivity contribution in [2.75, 3.05) is 6.54 Å². The number of nitrogens with one attached hydrogen (secondary N) is 1. The Morgan fingerprint density at radius 2 is 2.17 bits per heavy atom. The molecule has 4 heterocycles. The molecule has 0 aliphatic carbocycles. The molecule has 1 atom stereocenters. The van der Waals surface area contributed by atoms with Gasteiger partial charge < -0.3 is 14.2 Å². The van der Waals surface area contributed by atoms with Crippen LogP contribution in [0, 0.1) is 6.92 Å². The van der Waals surface area contributed by atoms with Gasteiger partial charge in [-0.05, 0) is 45.2 Å². The largest absolute Gasteiger partial charge is 0.473 e. The first-order valence-electron chi connectivity index (χ1n) is 10.4. The summed E-state index contributed by atoms with van der Waals surface area (Å²) in [5.41, 5.74) is 1.94. The molecule has 0 radical (unpaired) electrons. The average molecular weight is 413 g/mol. The van der Waals surface area contributed by atoms with Crippen LogP contribution in [0.25, 0.3) is 5.65 Å². The minimum Gasteiger partial charge on any atom is -0.473 e. The number of amides is 1. The first-order valence-corrected chi connectivity index (χ1v) is 10.4. The van der Waals surface area contributed by atoms with Gasteiger partial charge in [-0.3, -0.25) is 14.7 Å². The number of hydrogen-bond donors (Lipinski definition) is 1. The Morgan fingerprint density at radius 3 is 2.97 bits per heavy atom. The number of carbonyl (C=O) groups excluding carboxylic acids is 1. The van der Waals surface area contributed by atoms with Crippen molar-refractivity contribution in [3.05, 3.63) is 45.7 Å². The third kappa shape index (κ3) is 4.24. The zero-order chi connectivity index (χ0) is 21.3. The number of likely N-dealkylation sites (tertiary alicyclic amines) is 1. The predicted octanol–water partition coefficient (Wildman–Crippen LogP) is 2.79. The highest BCUT2D eigenvalue weighted by Crippen LogP contribution is 2.31. The lowest BCUT2D eigenvalue weighted by atomic mass is 9.98. The first kappa shape index (κ1) is 20.2. The molecule has 9 heteroatoms. The molecule has 1 aliphatic rings. The summed E-state index contributed by atoms with van der Waals surface area (Å²) in [7, 11) is 0. The van der Waals surface area contributed by atoms with Crippen LogP contribution in [0.1, 0.15) is 62.7 Å². The third-order valence-corrected chi connectivity index (χ3v) is 5.26. The van der Waals surface area contributed by atoms with Gasteiger partial charge in [0, 0.05) is 43.3 Å². The van der Waals surface area contributed by atoms with Crippen LogP contribution in [-0.2, 0) is 11.2 Å². The summed E-state index contributed by atoms with van der Waals surface area (Å²) in [6.07, 6.45) is 3.65. The molecular formula is C21H27N5O4. The Morgan fingerprint density at radius 1 is 1.33 bits per heavy atom. The highest BCUT2D eigenvalue weighted by atomic mass is 16.5. The summed E-state index contributed by atoms with van der Waals surface area (Å²) in [5.74, 6) is 1.12. The van der Waals surface area contributed by atoms with Crippen molar-refractivity contribution in [2.45, 2.75) is 65.0 Å². The van der Waals surface area contributed by atoms with E-state index >= 15 is 0 Å².